The monoisotopic (exact) mass is 700 g/mol. The van der Waals surface area contributed by atoms with Crippen LogP contribution in [0.5, 0.6) is 28.7 Å². The SMILES string of the molecule is CC(C)=CCC/C(C)=C/CC/C(C)=C/CC/C=C(\C)CC/C=C(\C)CCC=C(C)C.Oc1cc(O)c2c(c1)O[C@H](c1ccc(O)c(O)c1)[C@@H](O)C2. The van der Waals surface area contributed by atoms with Crippen LogP contribution in [0.3, 0.4) is 0 Å². The van der Waals surface area contributed by atoms with Crippen LogP contribution in [0.1, 0.15) is 137 Å². The quantitative estimate of drug-likeness (QED) is 0.0677. The van der Waals surface area contributed by atoms with Crippen LogP contribution in [-0.2, 0) is 6.42 Å². The summed E-state index contributed by atoms with van der Waals surface area (Å²) in [5.41, 5.74) is 9.86. The van der Waals surface area contributed by atoms with Gasteiger partial charge in [-0.1, -0.05) is 76.0 Å². The van der Waals surface area contributed by atoms with Gasteiger partial charge in [0.1, 0.15) is 23.4 Å². The third-order valence-electron chi connectivity index (χ3n) is 8.91. The number of phenols is 4. The van der Waals surface area contributed by atoms with Crippen molar-refractivity contribution in [2.45, 2.75) is 138 Å². The molecule has 0 radical (unpaired) electrons. The molecule has 0 fully saturated rings. The normalized spacial score (nSPS) is 16.4. The lowest BCUT2D eigenvalue weighted by Crippen LogP contribution is -2.30. The first-order chi connectivity index (χ1) is 24.2. The van der Waals surface area contributed by atoms with Gasteiger partial charge in [0.2, 0.25) is 0 Å². The highest BCUT2D eigenvalue weighted by Crippen LogP contribution is 2.42. The fourth-order valence-electron chi connectivity index (χ4n) is 5.80. The van der Waals surface area contributed by atoms with E-state index >= 15 is 0 Å². The Morgan fingerprint density at radius 3 is 1.47 bits per heavy atom. The van der Waals surface area contributed by atoms with E-state index in [9.17, 15) is 25.5 Å². The molecular formula is C45H64O6. The Morgan fingerprint density at radius 2 is 1.02 bits per heavy atom. The van der Waals surface area contributed by atoms with Gasteiger partial charge in [0.05, 0.1) is 6.10 Å². The van der Waals surface area contributed by atoms with Crippen molar-refractivity contribution in [3.05, 3.63) is 111 Å². The van der Waals surface area contributed by atoms with E-state index in [1.807, 2.05) is 0 Å². The number of benzene rings is 2. The van der Waals surface area contributed by atoms with Crippen molar-refractivity contribution in [3.8, 4) is 28.7 Å². The number of unbranched alkanes of at least 4 members (excludes halogenated alkanes) is 1. The smallest absolute Gasteiger partial charge is 0.157 e. The van der Waals surface area contributed by atoms with Crippen LogP contribution in [0.2, 0.25) is 0 Å². The fraction of sp³-hybridized carbons (Fsp3) is 0.467. The zero-order valence-electron chi connectivity index (χ0n) is 32.4. The number of hydrogen-bond donors (Lipinski definition) is 5. The zero-order chi connectivity index (χ0) is 37.9. The number of aromatic hydroxyl groups is 4. The lowest BCUT2D eigenvalue weighted by atomic mass is 9.94. The Bertz CT molecular complexity index is 1520. The Hall–Kier alpha value is -4.16. The number of aliphatic hydroxyl groups is 1. The predicted molar refractivity (Wildman–Crippen MR) is 213 cm³/mol. The molecule has 1 heterocycles. The summed E-state index contributed by atoms with van der Waals surface area (Å²) in [5.74, 6) is -0.589. The molecule has 0 aliphatic carbocycles. The van der Waals surface area contributed by atoms with Crippen molar-refractivity contribution < 1.29 is 30.3 Å². The zero-order valence-corrected chi connectivity index (χ0v) is 32.4. The van der Waals surface area contributed by atoms with Gasteiger partial charge in [0, 0.05) is 24.1 Å². The number of allylic oxidation sites excluding steroid dienone is 12. The van der Waals surface area contributed by atoms with E-state index < -0.39 is 12.2 Å². The first kappa shape index (κ1) is 43.0. The minimum atomic E-state index is -0.933. The highest BCUT2D eigenvalue weighted by Gasteiger charge is 2.32. The van der Waals surface area contributed by atoms with Crippen molar-refractivity contribution >= 4 is 0 Å². The number of rotatable bonds is 16. The molecule has 2 aromatic carbocycles. The Balaban J connectivity index is 0.000000372. The van der Waals surface area contributed by atoms with E-state index in [0.717, 1.165) is 0 Å². The molecule has 1 aliphatic heterocycles. The Morgan fingerprint density at radius 1 is 0.569 bits per heavy atom. The van der Waals surface area contributed by atoms with Crippen molar-refractivity contribution in [2.24, 2.45) is 0 Å². The van der Waals surface area contributed by atoms with Crippen LogP contribution >= 0.6 is 0 Å². The summed E-state index contributed by atoms with van der Waals surface area (Å²) in [7, 11) is 0. The molecule has 6 nitrogen and oxygen atoms in total. The molecule has 280 valence electrons. The topological polar surface area (TPSA) is 110 Å². The maximum atomic E-state index is 10.2. The summed E-state index contributed by atoms with van der Waals surface area (Å²) in [6.07, 6.45) is 24.7. The Labute approximate surface area is 307 Å². The lowest BCUT2D eigenvalue weighted by Gasteiger charge is -2.31. The van der Waals surface area contributed by atoms with Crippen molar-refractivity contribution in [1.29, 1.82) is 0 Å². The second kappa shape index (κ2) is 22.6. The van der Waals surface area contributed by atoms with Gasteiger partial charge in [-0.3, -0.25) is 0 Å². The van der Waals surface area contributed by atoms with Gasteiger partial charge in [0.15, 0.2) is 11.5 Å². The minimum Gasteiger partial charge on any atom is -0.508 e. The van der Waals surface area contributed by atoms with E-state index in [1.165, 1.54) is 128 Å². The van der Waals surface area contributed by atoms with E-state index in [4.69, 9.17) is 4.74 Å². The van der Waals surface area contributed by atoms with Crippen molar-refractivity contribution in [3.63, 3.8) is 0 Å². The average molecular weight is 701 g/mol. The molecule has 0 amide bonds. The summed E-state index contributed by atoms with van der Waals surface area (Å²) in [6, 6.07) is 6.67. The molecule has 3 rings (SSSR count). The lowest BCUT2D eigenvalue weighted by molar-refractivity contribution is 0.0197. The highest BCUT2D eigenvalue weighted by molar-refractivity contribution is 5.52. The number of aliphatic hydroxyl groups excluding tert-OH is 1. The van der Waals surface area contributed by atoms with E-state index in [0.29, 0.717) is 11.1 Å². The molecule has 2 atom stereocenters. The number of phenolic OH excluding ortho intramolecular Hbond substituents is 4. The molecule has 0 unspecified atom stereocenters. The molecule has 6 heteroatoms. The molecule has 5 N–H and O–H groups in total. The molecule has 0 aromatic heterocycles. The second-order valence-corrected chi connectivity index (χ2v) is 14.5. The number of ether oxygens (including phenoxy) is 1. The third kappa shape index (κ3) is 17.1. The highest BCUT2D eigenvalue weighted by atomic mass is 16.5. The maximum Gasteiger partial charge on any atom is 0.157 e. The third-order valence-corrected chi connectivity index (χ3v) is 8.91. The predicted octanol–water partition coefficient (Wildman–Crippen LogP) is 12.2. The summed E-state index contributed by atoms with van der Waals surface area (Å²) >= 11 is 0. The van der Waals surface area contributed by atoms with E-state index in [-0.39, 0.29) is 35.2 Å². The van der Waals surface area contributed by atoms with E-state index in [2.05, 4.69) is 91.8 Å². The van der Waals surface area contributed by atoms with Crippen molar-refractivity contribution in [1.82, 2.24) is 0 Å². The van der Waals surface area contributed by atoms with Gasteiger partial charge < -0.3 is 30.3 Å². The molecule has 0 saturated heterocycles. The first-order valence-corrected chi connectivity index (χ1v) is 18.5. The summed E-state index contributed by atoms with van der Waals surface area (Å²) < 4.78 is 5.62. The van der Waals surface area contributed by atoms with Crippen molar-refractivity contribution in [2.75, 3.05) is 0 Å². The minimum absolute atomic E-state index is 0.143. The van der Waals surface area contributed by atoms with Gasteiger partial charge >= 0.3 is 0 Å². The van der Waals surface area contributed by atoms with Gasteiger partial charge in [0.25, 0.3) is 0 Å². The molecular weight excluding hydrogens is 636 g/mol. The fourth-order valence-corrected chi connectivity index (χ4v) is 5.80. The van der Waals surface area contributed by atoms with E-state index in [1.54, 1.807) is 0 Å². The van der Waals surface area contributed by atoms with Gasteiger partial charge in [-0.25, -0.2) is 0 Å². The van der Waals surface area contributed by atoms with Crippen LogP contribution in [0, 0.1) is 0 Å². The van der Waals surface area contributed by atoms with Crippen LogP contribution in [0.4, 0.5) is 0 Å². The first-order valence-electron chi connectivity index (χ1n) is 18.5. The molecule has 51 heavy (non-hydrogen) atoms. The number of fused-ring (bicyclic) bond motifs is 1. The standard InChI is InChI=1S/C30H50.C15H14O6/c1-25(2)15-11-19-29(7)23-13-21-27(5)17-9-10-18-28(6)22-14-24-30(8)20-12-16-26(3)4;16-8-4-11(18)9-6-13(20)15(21-14(9)5-8)7-1-2-10(17)12(19)3-7/h15-18,23-24H,9-14,19-22H2,1-8H3;1-5,13,15-20H,6H2/b27-17+,28-18+,29-23+,30-24+;/t;13-,15+/m.0/s1. The molecule has 0 spiro atoms. The average Bonchev–Trinajstić information content (AvgIpc) is 3.04. The van der Waals surface area contributed by atoms with Gasteiger partial charge in [-0.15, -0.1) is 0 Å². The molecule has 0 saturated carbocycles. The summed E-state index contributed by atoms with van der Waals surface area (Å²) in [6.45, 7) is 17.8. The molecule has 1 aliphatic rings. The summed E-state index contributed by atoms with van der Waals surface area (Å²) in [4.78, 5) is 0. The summed E-state index contributed by atoms with van der Waals surface area (Å²) in [5, 5.41) is 48.3. The maximum absolute atomic E-state index is 10.2. The van der Waals surface area contributed by atoms with Gasteiger partial charge in [-0.05, 0) is 137 Å². The van der Waals surface area contributed by atoms with Gasteiger partial charge in [-0.2, -0.15) is 0 Å². The van der Waals surface area contributed by atoms with Crippen LogP contribution in [0.25, 0.3) is 0 Å². The largest absolute Gasteiger partial charge is 0.508 e. The number of hydrogen-bond acceptors (Lipinski definition) is 6. The molecule has 2 aromatic rings. The Kier molecular flexibility index (Phi) is 19.1. The molecule has 0 bridgehead atoms. The van der Waals surface area contributed by atoms with Crippen LogP contribution in [0.15, 0.2) is 100 Å². The van der Waals surface area contributed by atoms with Crippen LogP contribution < -0.4 is 4.74 Å². The van der Waals surface area contributed by atoms with Crippen LogP contribution in [-0.4, -0.2) is 31.6 Å². The second-order valence-electron chi connectivity index (χ2n) is 14.5.